The predicted octanol–water partition coefficient (Wildman–Crippen LogP) is 2.92. The Kier molecular flexibility index (Phi) is 6.86. The number of nitrogens with zero attached hydrogens (tertiary/aromatic N) is 1. The number of alkyl halides is 3. The van der Waals surface area contributed by atoms with Gasteiger partial charge in [0.25, 0.3) is 5.91 Å². The monoisotopic (exact) mass is 435 g/mol. The quantitative estimate of drug-likeness (QED) is 0.568. The van der Waals surface area contributed by atoms with Gasteiger partial charge in [0.05, 0.1) is 16.0 Å². The van der Waals surface area contributed by atoms with Gasteiger partial charge in [0.2, 0.25) is 0 Å². The molecular weight excluding hydrogens is 419 g/mol. The van der Waals surface area contributed by atoms with E-state index in [1.807, 2.05) is 0 Å². The van der Waals surface area contributed by atoms with Crippen molar-refractivity contribution in [1.29, 1.82) is 0 Å². The van der Waals surface area contributed by atoms with E-state index in [0.29, 0.717) is 12.1 Å². The predicted molar refractivity (Wildman–Crippen MR) is 102 cm³/mol. The number of aryl methyl sites for hydroxylation is 1. The molecule has 0 saturated heterocycles. The van der Waals surface area contributed by atoms with Crippen molar-refractivity contribution in [3.8, 4) is 11.1 Å². The summed E-state index contributed by atoms with van der Waals surface area (Å²) in [5, 5.41) is 0. The molecule has 0 heterocycles. The summed E-state index contributed by atoms with van der Waals surface area (Å²) >= 11 is 0. The van der Waals surface area contributed by atoms with Gasteiger partial charge in [-0.2, -0.15) is 18.2 Å². The van der Waals surface area contributed by atoms with Gasteiger partial charge in [0.15, 0.2) is 15.8 Å². The average Bonchev–Trinajstić information content (AvgIpc) is 2.52. The highest BCUT2D eigenvalue weighted by Crippen LogP contribution is 2.38. The van der Waals surface area contributed by atoms with Crippen LogP contribution in [0, 0.1) is 6.92 Å². The van der Waals surface area contributed by atoms with E-state index >= 15 is 0 Å². The molecule has 0 saturated carbocycles. The molecule has 0 aliphatic heterocycles. The van der Waals surface area contributed by atoms with Crippen LogP contribution in [0.1, 0.15) is 21.5 Å². The molecule has 0 unspecified atom stereocenters. The van der Waals surface area contributed by atoms with Crippen molar-refractivity contribution in [2.75, 3.05) is 6.26 Å². The fourth-order valence-electron chi connectivity index (χ4n) is 2.43. The van der Waals surface area contributed by atoms with E-state index in [2.05, 4.69) is 4.99 Å². The average molecular weight is 436 g/mol. The Hall–Kier alpha value is -2.59. The molecule has 0 aliphatic carbocycles. The number of sulfone groups is 1. The second-order valence-electron chi connectivity index (χ2n) is 5.87. The highest BCUT2D eigenvalue weighted by Gasteiger charge is 2.37. The van der Waals surface area contributed by atoms with Gasteiger partial charge < -0.3 is 11.5 Å². The van der Waals surface area contributed by atoms with E-state index < -0.39 is 43.9 Å². The second kappa shape index (κ2) is 8.19. The summed E-state index contributed by atoms with van der Waals surface area (Å²) in [6.07, 6.45) is -4.10. The van der Waals surface area contributed by atoms with Gasteiger partial charge in [-0.05, 0) is 24.6 Å². The molecule has 6 nitrogen and oxygen atoms in total. The van der Waals surface area contributed by atoms with Crippen LogP contribution in [0.4, 0.5) is 13.2 Å². The zero-order valence-corrected chi connectivity index (χ0v) is 16.4. The molecule has 0 spiro atoms. The minimum Gasteiger partial charge on any atom is -0.370 e. The molecule has 1 amide bonds. The van der Waals surface area contributed by atoms with Gasteiger partial charge >= 0.3 is 6.18 Å². The van der Waals surface area contributed by atoms with Crippen molar-refractivity contribution in [2.24, 2.45) is 16.5 Å². The molecule has 2 aromatic carbocycles. The van der Waals surface area contributed by atoms with Crippen LogP contribution in [0.2, 0.25) is 0 Å². The minimum absolute atomic E-state index is 0. The number of carbonyl (C=O) groups excluding carboxylic acids is 1. The summed E-state index contributed by atoms with van der Waals surface area (Å²) in [6, 6.07) is 7.53. The first-order chi connectivity index (χ1) is 12.3. The van der Waals surface area contributed by atoms with Gasteiger partial charge in [0, 0.05) is 11.8 Å². The Morgan fingerprint density at radius 3 is 2.04 bits per heavy atom. The van der Waals surface area contributed by atoms with Crippen LogP contribution >= 0.6 is 12.4 Å². The molecule has 0 aromatic heterocycles. The van der Waals surface area contributed by atoms with Crippen molar-refractivity contribution in [1.82, 2.24) is 0 Å². The summed E-state index contributed by atoms with van der Waals surface area (Å²) in [4.78, 5) is 14.7. The fourth-order valence-corrected chi connectivity index (χ4v) is 3.34. The number of hydrogen-bond acceptors (Lipinski definition) is 3. The maximum Gasteiger partial charge on any atom is 0.417 e. The number of hydrogen-bond donors (Lipinski definition) is 2. The molecule has 4 N–H and O–H groups in total. The number of nitrogens with two attached hydrogens (primary N) is 2. The maximum atomic E-state index is 13.5. The lowest BCUT2D eigenvalue weighted by atomic mass is 9.97. The standard InChI is InChI=1S/C17H16F3N3O3S.ClH/c1-9-3-5-10(6-4-9)11-7-13(17(18,19)20)12(15(24)23-16(21)22)8-14(11)27(2,25)26;/h3-8H,1-2H3,(H4,21,22,23,24);1H. The maximum absolute atomic E-state index is 13.5. The van der Waals surface area contributed by atoms with Gasteiger partial charge in [-0.25, -0.2) is 8.42 Å². The third-order valence-electron chi connectivity index (χ3n) is 3.65. The molecule has 0 bridgehead atoms. The van der Waals surface area contributed by atoms with Crippen LogP contribution in [-0.2, 0) is 16.0 Å². The summed E-state index contributed by atoms with van der Waals surface area (Å²) in [7, 11) is -3.97. The van der Waals surface area contributed by atoms with Crippen molar-refractivity contribution < 1.29 is 26.4 Å². The number of carbonyl (C=O) groups is 1. The van der Waals surface area contributed by atoms with Gasteiger partial charge in [-0.3, -0.25) is 4.79 Å². The van der Waals surface area contributed by atoms with Crippen molar-refractivity contribution in [3.05, 3.63) is 53.1 Å². The SMILES string of the molecule is Cc1ccc(-c2cc(C(F)(F)F)c(C(=O)N=C(N)N)cc2S(C)(=O)=O)cc1.Cl. The normalized spacial score (nSPS) is 11.5. The van der Waals surface area contributed by atoms with Crippen LogP contribution in [0.3, 0.4) is 0 Å². The molecule has 152 valence electrons. The number of halogens is 4. The summed E-state index contributed by atoms with van der Waals surface area (Å²) in [5.41, 5.74) is 8.75. The topological polar surface area (TPSA) is 116 Å². The van der Waals surface area contributed by atoms with Crippen molar-refractivity contribution in [2.45, 2.75) is 18.0 Å². The van der Waals surface area contributed by atoms with E-state index in [0.717, 1.165) is 11.8 Å². The first-order valence-corrected chi connectivity index (χ1v) is 9.36. The summed E-state index contributed by atoms with van der Waals surface area (Å²) < 4.78 is 64.9. The number of aliphatic imine (C=N–C) groups is 1. The second-order valence-corrected chi connectivity index (χ2v) is 7.86. The van der Waals surface area contributed by atoms with Gasteiger partial charge in [-0.15, -0.1) is 12.4 Å². The fraction of sp³-hybridized carbons (Fsp3) is 0.176. The van der Waals surface area contributed by atoms with E-state index in [1.165, 1.54) is 12.1 Å². The Labute approximate surface area is 165 Å². The Balaban J connectivity index is 0.00000392. The van der Waals surface area contributed by atoms with E-state index in [9.17, 15) is 26.4 Å². The lowest BCUT2D eigenvalue weighted by Crippen LogP contribution is -2.25. The molecule has 0 atom stereocenters. The van der Waals surface area contributed by atoms with Crippen molar-refractivity contribution >= 4 is 34.1 Å². The van der Waals surface area contributed by atoms with Crippen LogP contribution in [0.15, 0.2) is 46.3 Å². The number of guanidine groups is 1. The molecule has 2 aromatic rings. The molecule has 28 heavy (non-hydrogen) atoms. The Morgan fingerprint density at radius 1 is 1.07 bits per heavy atom. The summed E-state index contributed by atoms with van der Waals surface area (Å²) in [6.45, 7) is 1.78. The number of rotatable bonds is 3. The molecular formula is C17H17ClF3N3O3S. The van der Waals surface area contributed by atoms with Gasteiger partial charge in [0.1, 0.15) is 0 Å². The number of amides is 1. The van der Waals surface area contributed by atoms with Crippen molar-refractivity contribution in [3.63, 3.8) is 0 Å². The molecule has 0 aliphatic rings. The highest BCUT2D eigenvalue weighted by atomic mass is 35.5. The molecule has 0 fully saturated rings. The Bertz CT molecular complexity index is 1030. The van der Waals surface area contributed by atoms with Crippen LogP contribution in [0.5, 0.6) is 0 Å². The van der Waals surface area contributed by atoms with Gasteiger partial charge in [-0.1, -0.05) is 29.8 Å². The zero-order chi connectivity index (χ0) is 20.6. The lowest BCUT2D eigenvalue weighted by Gasteiger charge is -2.16. The highest BCUT2D eigenvalue weighted by molar-refractivity contribution is 7.90. The third kappa shape index (κ3) is 5.23. The largest absolute Gasteiger partial charge is 0.417 e. The molecule has 2 rings (SSSR count). The summed E-state index contributed by atoms with van der Waals surface area (Å²) in [5.74, 6) is -2.13. The first-order valence-electron chi connectivity index (χ1n) is 7.47. The lowest BCUT2D eigenvalue weighted by molar-refractivity contribution is -0.137. The number of benzene rings is 2. The smallest absolute Gasteiger partial charge is 0.370 e. The van der Waals surface area contributed by atoms with E-state index in [1.54, 1.807) is 19.1 Å². The first kappa shape index (κ1) is 23.4. The van der Waals surface area contributed by atoms with Crippen LogP contribution in [0.25, 0.3) is 11.1 Å². The Morgan fingerprint density at radius 2 is 1.61 bits per heavy atom. The molecule has 0 radical (unpaired) electrons. The van der Waals surface area contributed by atoms with E-state index in [4.69, 9.17) is 11.5 Å². The van der Waals surface area contributed by atoms with Crippen LogP contribution < -0.4 is 11.5 Å². The van der Waals surface area contributed by atoms with E-state index in [-0.39, 0.29) is 23.5 Å². The molecule has 11 heteroatoms. The minimum atomic E-state index is -4.93. The van der Waals surface area contributed by atoms with Crippen LogP contribution in [-0.4, -0.2) is 26.5 Å². The zero-order valence-electron chi connectivity index (χ0n) is 14.7. The third-order valence-corrected chi connectivity index (χ3v) is 4.78.